The van der Waals surface area contributed by atoms with Crippen LogP contribution in [0.15, 0.2) is 24.3 Å². The predicted molar refractivity (Wildman–Crippen MR) is 79.3 cm³/mol. The van der Waals surface area contributed by atoms with Crippen molar-refractivity contribution in [2.24, 2.45) is 0 Å². The number of aliphatic carboxylic acids is 1. The molecule has 0 fully saturated rings. The molecule has 0 radical (unpaired) electrons. The molecular weight excluding hydrogens is 258 g/mol. The second-order valence-electron chi connectivity index (χ2n) is 4.72. The van der Waals surface area contributed by atoms with Crippen LogP contribution >= 0.6 is 0 Å². The van der Waals surface area contributed by atoms with Crippen LogP contribution in [0.2, 0.25) is 0 Å². The molecule has 1 rings (SSSR count). The molecule has 0 aliphatic heterocycles. The molecule has 1 unspecified atom stereocenters. The van der Waals surface area contributed by atoms with Crippen LogP contribution in [0, 0.1) is 0 Å². The number of amides is 2. The zero-order chi connectivity index (χ0) is 15.1. The monoisotopic (exact) mass is 279 g/mol. The third-order valence-electron chi connectivity index (χ3n) is 2.82. The summed E-state index contributed by atoms with van der Waals surface area (Å²) < 4.78 is 0. The molecule has 0 spiro atoms. The molecule has 3 N–H and O–H groups in total. The van der Waals surface area contributed by atoms with E-state index in [0.29, 0.717) is 18.5 Å². The van der Waals surface area contributed by atoms with Crippen LogP contribution in [0.1, 0.15) is 19.8 Å². The minimum Gasteiger partial charge on any atom is -0.480 e. The maximum Gasteiger partial charge on any atom is 0.326 e. The fourth-order valence-corrected chi connectivity index (χ4v) is 1.71. The van der Waals surface area contributed by atoms with Crippen molar-refractivity contribution < 1.29 is 14.7 Å². The van der Waals surface area contributed by atoms with Crippen LogP contribution in [0.25, 0.3) is 0 Å². The van der Waals surface area contributed by atoms with Gasteiger partial charge < -0.3 is 20.6 Å². The molecule has 0 saturated carbocycles. The zero-order valence-electron chi connectivity index (χ0n) is 12.0. The summed E-state index contributed by atoms with van der Waals surface area (Å²) in [5.41, 5.74) is 1.64. The number of carboxylic acids is 1. The third-order valence-corrected chi connectivity index (χ3v) is 2.82. The number of anilines is 2. The van der Waals surface area contributed by atoms with Crippen molar-refractivity contribution >= 4 is 23.4 Å². The fraction of sp³-hybridized carbons (Fsp3) is 0.429. The molecule has 1 aromatic rings. The Morgan fingerprint density at radius 2 is 1.85 bits per heavy atom. The number of nitrogens with zero attached hydrogens (tertiary/aromatic N) is 1. The summed E-state index contributed by atoms with van der Waals surface area (Å²) in [5.74, 6) is -1.02. The van der Waals surface area contributed by atoms with E-state index in [1.54, 1.807) is 12.1 Å². The molecule has 0 saturated heterocycles. The Balaban J connectivity index is 2.59. The molecule has 1 atom stereocenters. The molecule has 0 aliphatic rings. The van der Waals surface area contributed by atoms with Gasteiger partial charge in [0, 0.05) is 25.5 Å². The number of hydrogen-bond acceptors (Lipinski definition) is 3. The first-order chi connectivity index (χ1) is 9.43. The van der Waals surface area contributed by atoms with Gasteiger partial charge in [0.1, 0.15) is 6.04 Å². The molecule has 0 heterocycles. The Hall–Kier alpha value is -2.24. The van der Waals surface area contributed by atoms with Crippen LogP contribution in [-0.2, 0) is 4.79 Å². The van der Waals surface area contributed by atoms with Crippen molar-refractivity contribution in [2.75, 3.05) is 24.3 Å². The summed E-state index contributed by atoms with van der Waals surface area (Å²) in [6, 6.07) is 5.91. The van der Waals surface area contributed by atoms with Gasteiger partial charge in [-0.1, -0.05) is 13.3 Å². The van der Waals surface area contributed by atoms with Crippen molar-refractivity contribution in [3.8, 4) is 0 Å². The van der Waals surface area contributed by atoms with Crippen LogP contribution in [0.5, 0.6) is 0 Å². The van der Waals surface area contributed by atoms with Crippen molar-refractivity contribution in [3.63, 3.8) is 0 Å². The molecule has 110 valence electrons. The lowest BCUT2D eigenvalue weighted by atomic mass is 10.2. The largest absolute Gasteiger partial charge is 0.480 e. The molecule has 6 nitrogen and oxygen atoms in total. The van der Waals surface area contributed by atoms with E-state index in [0.717, 1.165) is 5.69 Å². The highest BCUT2D eigenvalue weighted by atomic mass is 16.4. The van der Waals surface area contributed by atoms with E-state index >= 15 is 0 Å². The summed E-state index contributed by atoms with van der Waals surface area (Å²) >= 11 is 0. The van der Waals surface area contributed by atoms with Crippen LogP contribution < -0.4 is 15.5 Å². The first-order valence-electron chi connectivity index (χ1n) is 6.51. The van der Waals surface area contributed by atoms with Crippen LogP contribution in [0.4, 0.5) is 16.2 Å². The predicted octanol–water partition coefficient (Wildman–Crippen LogP) is 2.13. The highest BCUT2D eigenvalue weighted by Crippen LogP contribution is 2.15. The summed E-state index contributed by atoms with van der Waals surface area (Å²) in [4.78, 5) is 24.6. The molecule has 2 amide bonds. The van der Waals surface area contributed by atoms with E-state index in [-0.39, 0.29) is 0 Å². The molecule has 20 heavy (non-hydrogen) atoms. The highest BCUT2D eigenvalue weighted by Gasteiger charge is 2.18. The summed E-state index contributed by atoms with van der Waals surface area (Å²) in [6.07, 6.45) is 1.09. The standard InChI is InChI=1S/C14H21N3O3/c1-4-5-12(13(18)19)16-14(20)15-10-6-8-11(9-7-10)17(2)3/h6-9,12H,4-5H2,1-3H3,(H,18,19)(H2,15,16,20). The maximum atomic E-state index is 11.7. The van der Waals surface area contributed by atoms with Crippen molar-refractivity contribution in [3.05, 3.63) is 24.3 Å². The number of benzene rings is 1. The van der Waals surface area contributed by atoms with Gasteiger partial charge in [-0.3, -0.25) is 0 Å². The average Bonchev–Trinajstić information content (AvgIpc) is 2.38. The highest BCUT2D eigenvalue weighted by molar-refractivity contribution is 5.92. The molecule has 0 bridgehead atoms. The molecular formula is C14H21N3O3. The summed E-state index contributed by atoms with van der Waals surface area (Å²) in [5, 5.41) is 14.0. The Kier molecular flexibility index (Phi) is 5.83. The molecule has 0 aliphatic carbocycles. The van der Waals surface area contributed by atoms with E-state index in [9.17, 15) is 9.59 Å². The molecule has 1 aromatic carbocycles. The van der Waals surface area contributed by atoms with Gasteiger partial charge in [-0.05, 0) is 30.7 Å². The van der Waals surface area contributed by atoms with E-state index < -0.39 is 18.0 Å². The Morgan fingerprint density at radius 1 is 1.25 bits per heavy atom. The topological polar surface area (TPSA) is 81.7 Å². The van der Waals surface area contributed by atoms with Crippen LogP contribution in [-0.4, -0.2) is 37.2 Å². The molecule has 0 aromatic heterocycles. The minimum absolute atomic E-state index is 0.405. The van der Waals surface area contributed by atoms with E-state index in [2.05, 4.69) is 10.6 Å². The minimum atomic E-state index is -1.02. The van der Waals surface area contributed by atoms with E-state index in [1.165, 1.54) is 0 Å². The number of urea groups is 1. The second kappa shape index (κ2) is 7.37. The Labute approximate surface area is 118 Å². The molecule has 6 heteroatoms. The van der Waals surface area contributed by atoms with Gasteiger partial charge in [-0.25, -0.2) is 9.59 Å². The van der Waals surface area contributed by atoms with Crippen molar-refractivity contribution in [2.45, 2.75) is 25.8 Å². The van der Waals surface area contributed by atoms with Gasteiger partial charge in [0.25, 0.3) is 0 Å². The number of nitrogens with one attached hydrogen (secondary N) is 2. The number of carbonyl (C=O) groups is 2. The number of carbonyl (C=O) groups excluding carboxylic acids is 1. The van der Waals surface area contributed by atoms with Gasteiger partial charge in [0.05, 0.1) is 0 Å². The van der Waals surface area contributed by atoms with Gasteiger partial charge in [0.15, 0.2) is 0 Å². The van der Waals surface area contributed by atoms with Crippen LogP contribution in [0.3, 0.4) is 0 Å². The van der Waals surface area contributed by atoms with Gasteiger partial charge >= 0.3 is 12.0 Å². The number of rotatable bonds is 6. The first kappa shape index (κ1) is 15.8. The van der Waals surface area contributed by atoms with Gasteiger partial charge in [-0.2, -0.15) is 0 Å². The second-order valence-corrected chi connectivity index (χ2v) is 4.72. The normalized spacial score (nSPS) is 11.6. The Bertz CT molecular complexity index is 457. The van der Waals surface area contributed by atoms with Crippen molar-refractivity contribution in [1.29, 1.82) is 0 Å². The van der Waals surface area contributed by atoms with Gasteiger partial charge in [-0.15, -0.1) is 0 Å². The van der Waals surface area contributed by atoms with E-state index in [1.807, 2.05) is 38.1 Å². The summed E-state index contributed by atoms with van der Waals surface area (Å²) in [7, 11) is 3.86. The average molecular weight is 279 g/mol. The third kappa shape index (κ3) is 4.79. The number of hydrogen-bond donors (Lipinski definition) is 3. The van der Waals surface area contributed by atoms with E-state index in [4.69, 9.17) is 5.11 Å². The van der Waals surface area contributed by atoms with Gasteiger partial charge in [0.2, 0.25) is 0 Å². The summed E-state index contributed by atoms with van der Waals surface area (Å²) in [6.45, 7) is 1.87. The number of carboxylic acid groups (broad SMARTS) is 1. The maximum absolute atomic E-state index is 11.7. The smallest absolute Gasteiger partial charge is 0.326 e. The fourth-order valence-electron chi connectivity index (χ4n) is 1.71. The first-order valence-corrected chi connectivity index (χ1v) is 6.51. The van der Waals surface area contributed by atoms with Crippen molar-refractivity contribution in [1.82, 2.24) is 5.32 Å². The lowest BCUT2D eigenvalue weighted by Crippen LogP contribution is -2.42. The quantitative estimate of drug-likeness (QED) is 0.745. The lowest BCUT2D eigenvalue weighted by Gasteiger charge is -2.15. The SMILES string of the molecule is CCCC(NC(=O)Nc1ccc(N(C)C)cc1)C(=O)O. The Morgan fingerprint density at radius 3 is 2.30 bits per heavy atom. The zero-order valence-corrected chi connectivity index (χ0v) is 12.0. The lowest BCUT2D eigenvalue weighted by molar-refractivity contribution is -0.139.